The minimum Gasteiger partial charge on any atom is -0.486 e. The first-order chi connectivity index (χ1) is 9.69. The Kier molecular flexibility index (Phi) is 5.12. The molecule has 5 heteroatoms. The molecule has 1 aromatic heterocycles. The van der Waals surface area contributed by atoms with Crippen molar-refractivity contribution in [3.63, 3.8) is 0 Å². The summed E-state index contributed by atoms with van der Waals surface area (Å²) in [5.74, 6) is -0.0268. The van der Waals surface area contributed by atoms with Crippen LogP contribution in [0.3, 0.4) is 0 Å². The number of aryl methyl sites for hydroxylation is 1. The third-order valence-corrected chi connectivity index (χ3v) is 3.80. The molecule has 1 heterocycles. The molecule has 0 saturated heterocycles. The first-order valence-corrected chi connectivity index (χ1v) is 7.37. The zero-order valence-corrected chi connectivity index (χ0v) is 12.2. The molecule has 4 nitrogen and oxygen atoms in total. The summed E-state index contributed by atoms with van der Waals surface area (Å²) < 4.78 is 5.64. The highest BCUT2D eigenvalue weighted by Gasteiger charge is 2.13. The largest absolute Gasteiger partial charge is 0.486 e. The molecule has 1 N–H and O–H groups in total. The van der Waals surface area contributed by atoms with Crippen molar-refractivity contribution in [3.05, 3.63) is 45.9 Å². The second-order valence-electron chi connectivity index (χ2n) is 4.40. The van der Waals surface area contributed by atoms with Crippen molar-refractivity contribution in [1.82, 2.24) is 4.98 Å². The normalized spacial score (nSPS) is 10.4. The van der Waals surface area contributed by atoms with E-state index < -0.39 is 5.97 Å². The van der Waals surface area contributed by atoms with Gasteiger partial charge in [-0.15, -0.1) is 11.3 Å². The van der Waals surface area contributed by atoms with Gasteiger partial charge in [-0.25, -0.2) is 4.98 Å². The predicted octanol–water partition coefficient (Wildman–Crippen LogP) is 3.30. The minimum absolute atomic E-state index is 0.0400. The van der Waals surface area contributed by atoms with E-state index in [-0.39, 0.29) is 6.42 Å². The zero-order chi connectivity index (χ0) is 14.4. The van der Waals surface area contributed by atoms with Crippen molar-refractivity contribution in [2.75, 3.05) is 0 Å². The van der Waals surface area contributed by atoms with Crippen LogP contribution < -0.4 is 4.74 Å². The summed E-state index contributed by atoms with van der Waals surface area (Å²) in [6.07, 6.45) is 1.80. The smallest absolute Gasteiger partial charge is 0.308 e. The number of carboxylic acid groups (broad SMARTS) is 1. The maximum atomic E-state index is 10.9. The Bertz CT molecular complexity index is 566. The molecule has 0 spiro atoms. The van der Waals surface area contributed by atoms with Crippen LogP contribution >= 0.6 is 11.3 Å². The van der Waals surface area contributed by atoms with Crippen molar-refractivity contribution in [3.8, 4) is 5.75 Å². The summed E-state index contributed by atoms with van der Waals surface area (Å²) in [4.78, 5) is 16.2. The summed E-state index contributed by atoms with van der Waals surface area (Å²) in [5.41, 5.74) is 0.895. The number of carbonyl (C=O) groups is 1. The molecule has 0 radical (unpaired) electrons. The van der Waals surface area contributed by atoms with Crippen LogP contribution in [0.4, 0.5) is 0 Å². The van der Waals surface area contributed by atoms with Crippen LogP contribution in [0.25, 0.3) is 0 Å². The number of ether oxygens (including phenoxy) is 1. The number of thiazole rings is 1. The van der Waals surface area contributed by atoms with Gasteiger partial charge in [0.25, 0.3) is 0 Å². The van der Waals surface area contributed by atoms with E-state index in [0.29, 0.717) is 6.61 Å². The molecule has 0 aliphatic heterocycles. The van der Waals surface area contributed by atoms with Crippen molar-refractivity contribution >= 4 is 17.3 Å². The number of hydrogen-bond acceptors (Lipinski definition) is 4. The summed E-state index contributed by atoms with van der Waals surface area (Å²) in [6, 6.07) is 9.53. The summed E-state index contributed by atoms with van der Waals surface area (Å²) in [5, 5.41) is 9.75. The van der Waals surface area contributed by atoms with Gasteiger partial charge < -0.3 is 9.84 Å². The Morgan fingerprint density at radius 3 is 2.75 bits per heavy atom. The first-order valence-electron chi connectivity index (χ1n) is 6.56. The number of aromatic nitrogens is 1. The van der Waals surface area contributed by atoms with Crippen LogP contribution in [0.15, 0.2) is 30.3 Å². The monoisotopic (exact) mass is 291 g/mol. The Hall–Kier alpha value is -1.88. The SMILES string of the molecule is CCCc1nc(COc2ccccc2)sc1CC(=O)O. The molecular formula is C15H17NO3S. The van der Waals surface area contributed by atoms with E-state index in [0.717, 1.165) is 34.2 Å². The van der Waals surface area contributed by atoms with Gasteiger partial charge in [-0.2, -0.15) is 0 Å². The molecular weight excluding hydrogens is 274 g/mol. The average molecular weight is 291 g/mol. The average Bonchev–Trinajstić information content (AvgIpc) is 2.80. The fraction of sp³-hybridized carbons (Fsp3) is 0.333. The van der Waals surface area contributed by atoms with Gasteiger partial charge in [0.15, 0.2) is 0 Å². The molecule has 0 fully saturated rings. The van der Waals surface area contributed by atoms with Crippen LogP contribution in [0, 0.1) is 0 Å². The lowest BCUT2D eigenvalue weighted by Crippen LogP contribution is -2.01. The molecule has 0 bridgehead atoms. The van der Waals surface area contributed by atoms with E-state index in [4.69, 9.17) is 9.84 Å². The van der Waals surface area contributed by atoms with Gasteiger partial charge in [-0.05, 0) is 18.6 Å². The number of carboxylic acids is 1. The van der Waals surface area contributed by atoms with Gasteiger partial charge in [0.2, 0.25) is 0 Å². The highest BCUT2D eigenvalue weighted by molar-refractivity contribution is 7.11. The van der Waals surface area contributed by atoms with Crippen LogP contribution in [-0.4, -0.2) is 16.1 Å². The number of hydrogen-bond donors (Lipinski definition) is 1. The van der Waals surface area contributed by atoms with Crippen LogP contribution in [0.5, 0.6) is 5.75 Å². The van der Waals surface area contributed by atoms with Crippen molar-refractivity contribution in [2.24, 2.45) is 0 Å². The van der Waals surface area contributed by atoms with E-state index >= 15 is 0 Å². The fourth-order valence-electron chi connectivity index (χ4n) is 1.87. The molecule has 2 rings (SSSR count). The second kappa shape index (κ2) is 7.05. The van der Waals surface area contributed by atoms with Gasteiger partial charge in [0.1, 0.15) is 17.4 Å². The number of aliphatic carboxylic acids is 1. The quantitative estimate of drug-likeness (QED) is 0.850. The van der Waals surface area contributed by atoms with Gasteiger partial charge in [-0.1, -0.05) is 31.5 Å². The Balaban J connectivity index is 2.06. The van der Waals surface area contributed by atoms with E-state index in [1.807, 2.05) is 30.3 Å². The highest BCUT2D eigenvalue weighted by atomic mass is 32.1. The lowest BCUT2D eigenvalue weighted by Gasteiger charge is -2.02. The lowest BCUT2D eigenvalue weighted by atomic mass is 10.2. The lowest BCUT2D eigenvalue weighted by molar-refractivity contribution is -0.136. The van der Waals surface area contributed by atoms with Crippen LogP contribution in [0.2, 0.25) is 0 Å². The third kappa shape index (κ3) is 4.06. The standard InChI is InChI=1S/C15H17NO3S/c1-2-6-12-13(9-15(17)18)20-14(16-12)10-19-11-7-4-3-5-8-11/h3-5,7-8H,2,6,9-10H2,1H3,(H,17,18). The molecule has 106 valence electrons. The van der Waals surface area contributed by atoms with E-state index in [9.17, 15) is 4.79 Å². The second-order valence-corrected chi connectivity index (χ2v) is 5.57. The molecule has 1 aromatic carbocycles. The van der Waals surface area contributed by atoms with Gasteiger partial charge in [0.05, 0.1) is 12.1 Å². The molecule has 0 saturated carbocycles. The predicted molar refractivity (Wildman–Crippen MR) is 78.2 cm³/mol. The molecule has 0 atom stereocenters. The van der Waals surface area contributed by atoms with Crippen LogP contribution in [-0.2, 0) is 24.2 Å². The zero-order valence-electron chi connectivity index (χ0n) is 11.3. The van der Waals surface area contributed by atoms with Crippen molar-refractivity contribution in [1.29, 1.82) is 0 Å². The van der Waals surface area contributed by atoms with E-state index in [2.05, 4.69) is 11.9 Å². The Morgan fingerprint density at radius 1 is 1.35 bits per heavy atom. The van der Waals surface area contributed by atoms with Gasteiger partial charge in [-0.3, -0.25) is 4.79 Å². The number of nitrogens with zero attached hydrogens (tertiary/aromatic N) is 1. The summed E-state index contributed by atoms with van der Waals surface area (Å²) in [7, 11) is 0. The summed E-state index contributed by atoms with van der Waals surface area (Å²) >= 11 is 1.43. The molecule has 2 aromatic rings. The fourth-order valence-corrected chi connectivity index (χ4v) is 2.89. The third-order valence-electron chi connectivity index (χ3n) is 2.73. The highest BCUT2D eigenvalue weighted by Crippen LogP contribution is 2.22. The maximum Gasteiger partial charge on any atom is 0.308 e. The van der Waals surface area contributed by atoms with Crippen LogP contribution in [0.1, 0.15) is 28.9 Å². The number of rotatable bonds is 7. The maximum absolute atomic E-state index is 10.9. The van der Waals surface area contributed by atoms with Crippen molar-refractivity contribution < 1.29 is 14.6 Å². The molecule has 0 aliphatic carbocycles. The summed E-state index contributed by atoms with van der Waals surface area (Å²) in [6.45, 7) is 2.44. The van der Waals surface area contributed by atoms with Gasteiger partial charge in [0, 0.05) is 4.88 Å². The topological polar surface area (TPSA) is 59.4 Å². The Labute approximate surface area is 122 Å². The number of benzene rings is 1. The van der Waals surface area contributed by atoms with E-state index in [1.165, 1.54) is 11.3 Å². The molecule has 20 heavy (non-hydrogen) atoms. The molecule has 0 amide bonds. The molecule has 0 aliphatic rings. The van der Waals surface area contributed by atoms with Gasteiger partial charge >= 0.3 is 5.97 Å². The first kappa shape index (κ1) is 14.5. The van der Waals surface area contributed by atoms with Crippen molar-refractivity contribution in [2.45, 2.75) is 32.8 Å². The number of para-hydroxylation sites is 1. The Morgan fingerprint density at radius 2 is 2.10 bits per heavy atom. The van der Waals surface area contributed by atoms with E-state index in [1.54, 1.807) is 0 Å². The molecule has 0 unspecified atom stereocenters. The minimum atomic E-state index is -0.818.